The summed E-state index contributed by atoms with van der Waals surface area (Å²) in [6, 6.07) is 16.2. The molecule has 30 heavy (non-hydrogen) atoms. The first-order valence-electron chi connectivity index (χ1n) is 9.88. The van der Waals surface area contributed by atoms with Gasteiger partial charge in [0.2, 0.25) is 5.91 Å². The molecule has 2 aromatic carbocycles. The highest BCUT2D eigenvalue weighted by Gasteiger charge is 2.30. The van der Waals surface area contributed by atoms with Crippen molar-refractivity contribution in [1.29, 1.82) is 0 Å². The van der Waals surface area contributed by atoms with E-state index in [1.165, 1.54) is 0 Å². The van der Waals surface area contributed by atoms with Crippen molar-refractivity contribution in [2.45, 2.75) is 26.2 Å². The summed E-state index contributed by atoms with van der Waals surface area (Å²) in [6.07, 6.45) is -0.745. The minimum atomic E-state index is -0.982. The SMILES string of the molecule is CC(C)(CNC(=O)OCC1c2ccccc2-c2ccccc21)C(=O)NCCC(=O)O. The largest absolute Gasteiger partial charge is 0.481 e. The maximum atomic E-state index is 12.3. The van der Waals surface area contributed by atoms with Crippen molar-refractivity contribution in [1.82, 2.24) is 10.6 Å². The van der Waals surface area contributed by atoms with Gasteiger partial charge in [-0.1, -0.05) is 48.5 Å². The topological polar surface area (TPSA) is 105 Å². The van der Waals surface area contributed by atoms with Crippen molar-refractivity contribution in [3.8, 4) is 11.1 Å². The van der Waals surface area contributed by atoms with Gasteiger partial charge in [0.15, 0.2) is 0 Å². The number of carbonyl (C=O) groups is 3. The molecule has 0 atom stereocenters. The molecule has 2 aromatic rings. The second-order valence-corrected chi connectivity index (χ2v) is 7.96. The van der Waals surface area contributed by atoms with Gasteiger partial charge in [0, 0.05) is 19.0 Å². The molecule has 0 saturated heterocycles. The van der Waals surface area contributed by atoms with Crippen LogP contribution in [0.4, 0.5) is 4.79 Å². The summed E-state index contributed by atoms with van der Waals surface area (Å²) < 4.78 is 5.47. The van der Waals surface area contributed by atoms with Crippen LogP contribution in [0.3, 0.4) is 0 Å². The number of aliphatic carboxylic acids is 1. The zero-order valence-electron chi connectivity index (χ0n) is 17.1. The van der Waals surface area contributed by atoms with Gasteiger partial charge < -0.3 is 20.5 Å². The Bertz CT molecular complexity index is 909. The molecule has 0 radical (unpaired) electrons. The van der Waals surface area contributed by atoms with Crippen molar-refractivity contribution < 1.29 is 24.2 Å². The van der Waals surface area contributed by atoms with E-state index >= 15 is 0 Å². The Kier molecular flexibility index (Phi) is 6.40. The van der Waals surface area contributed by atoms with E-state index in [1.54, 1.807) is 13.8 Å². The van der Waals surface area contributed by atoms with E-state index in [2.05, 4.69) is 22.8 Å². The average Bonchev–Trinajstić information content (AvgIpc) is 3.04. The summed E-state index contributed by atoms with van der Waals surface area (Å²) in [5.74, 6) is -1.34. The standard InChI is InChI=1S/C23H26N2O5/c1-23(2,21(28)24-12-11-20(26)27)14-25-22(29)30-13-19-17-9-5-3-7-15(17)16-8-4-6-10-18(16)19/h3-10,19H,11-14H2,1-2H3,(H,24,28)(H,25,29)(H,26,27). The zero-order valence-corrected chi connectivity index (χ0v) is 17.1. The summed E-state index contributed by atoms with van der Waals surface area (Å²) in [5.41, 5.74) is 3.67. The van der Waals surface area contributed by atoms with Gasteiger partial charge in [-0.05, 0) is 36.1 Å². The highest BCUT2D eigenvalue weighted by Crippen LogP contribution is 2.44. The number of hydrogen-bond donors (Lipinski definition) is 3. The lowest BCUT2D eigenvalue weighted by Crippen LogP contribution is -2.45. The Morgan fingerprint density at radius 1 is 0.967 bits per heavy atom. The molecular weight excluding hydrogens is 384 g/mol. The average molecular weight is 410 g/mol. The number of benzene rings is 2. The fraction of sp³-hybridized carbons (Fsp3) is 0.348. The van der Waals surface area contributed by atoms with Crippen LogP contribution in [0.5, 0.6) is 0 Å². The number of carboxylic acids is 1. The van der Waals surface area contributed by atoms with Crippen LogP contribution < -0.4 is 10.6 Å². The summed E-state index contributed by atoms with van der Waals surface area (Å²) in [4.78, 5) is 35.0. The van der Waals surface area contributed by atoms with Crippen molar-refractivity contribution in [3.63, 3.8) is 0 Å². The third-order valence-electron chi connectivity index (χ3n) is 5.26. The first-order chi connectivity index (χ1) is 14.3. The molecule has 7 heteroatoms. The molecule has 0 fully saturated rings. The van der Waals surface area contributed by atoms with Gasteiger partial charge in [0.25, 0.3) is 0 Å². The number of alkyl carbamates (subject to hydrolysis) is 1. The Labute approximate surface area is 175 Å². The van der Waals surface area contributed by atoms with Crippen LogP contribution in [0.1, 0.15) is 37.3 Å². The van der Waals surface area contributed by atoms with Gasteiger partial charge in [-0.15, -0.1) is 0 Å². The second kappa shape index (κ2) is 8.98. The van der Waals surface area contributed by atoms with Crippen molar-refractivity contribution >= 4 is 18.0 Å². The molecule has 0 bridgehead atoms. The normalized spacial score (nSPS) is 12.6. The van der Waals surface area contributed by atoms with E-state index in [4.69, 9.17) is 9.84 Å². The summed E-state index contributed by atoms with van der Waals surface area (Å²) in [5, 5.41) is 13.9. The van der Waals surface area contributed by atoms with Crippen LogP contribution in [-0.2, 0) is 14.3 Å². The van der Waals surface area contributed by atoms with Crippen molar-refractivity contribution in [2.24, 2.45) is 5.41 Å². The Balaban J connectivity index is 1.54. The predicted octanol–water partition coefficient (Wildman–Crippen LogP) is 3.14. The van der Waals surface area contributed by atoms with Crippen LogP contribution in [0.25, 0.3) is 11.1 Å². The van der Waals surface area contributed by atoms with E-state index in [-0.39, 0.29) is 37.9 Å². The third kappa shape index (κ3) is 4.79. The number of hydrogen-bond acceptors (Lipinski definition) is 4. The second-order valence-electron chi connectivity index (χ2n) is 7.96. The van der Waals surface area contributed by atoms with E-state index in [0.29, 0.717) is 0 Å². The van der Waals surface area contributed by atoms with Crippen LogP contribution in [0.15, 0.2) is 48.5 Å². The van der Waals surface area contributed by atoms with Crippen LogP contribution >= 0.6 is 0 Å². The first kappa shape index (κ1) is 21.4. The Morgan fingerprint density at radius 3 is 2.10 bits per heavy atom. The van der Waals surface area contributed by atoms with Gasteiger partial charge in [0.05, 0.1) is 11.8 Å². The van der Waals surface area contributed by atoms with E-state index in [1.807, 2.05) is 36.4 Å². The number of fused-ring (bicyclic) bond motifs is 3. The molecule has 2 amide bonds. The minimum Gasteiger partial charge on any atom is -0.481 e. The zero-order chi connectivity index (χ0) is 21.7. The maximum absolute atomic E-state index is 12.3. The number of nitrogens with one attached hydrogen (secondary N) is 2. The molecule has 0 saturated carbocycles. The Morgan fingerprint density at radius 2 is 1.53 bits per heavy atom. The first-order valence-corrected chi connectivity index (χ1v) is 9.88. The lowest BCUT2D eigenvalue weighted by Gasteiger charge is -2.24. The summed E-state index contributed by atoms with van der Waals surface area (Å²) in [6.45, 7) is 3.66. The predicted molar refractivity (Wildman–Crippen MR) is 112 cm³/mol. The fourth-order valence-corrected chi connectivity index (χ4v) is 3.55. The van der Waals surface area contributed by atoms with E-state index in [9.17, 15) is 14.4 Å². The molecule has 0 heterocycles. The molecule has 1 aliphatic rings. The van der Waals surface area contributed by atoms with Gasteiger partial charge >= 0.3 is 12.1 Å². The van der Waals surface area contributed by atoms with Crippen molar-refractivity contribution in [3.05, 3.63) is 59.7 Å². The lowest BCUT2D eigenvalue weighted by molar-refractivity contribution is -0.137. The number of ether oxygens (including phenoxy) is 1. The van der Waals surface area contributed by atoms with Gasteiger partial charge in [0.1, 0.15) is 6.61 Å². The highest BCUT2D eigenvalue weighted by molar-refractivity contribution is 5.83. The monoisotopic (exact) mass is 410 g/mol. The molecule has 3 N–H and O–H groups in total. The molecule has 1 aliphatic carbocycles. The van der Waals surface area contributed by atoms with Crippen LogP contribution in [0.2, 0.25) is 0 Å². The van der Waals surface area contributed by atoms with E-state index in [0.717, 1.165) is 22.3 Å². The molecular formula is C23H26N2O5. The number of carbonyl (C=O) groups excluding carboxylic acids is 2. The van der Waals surface area contributed by atoms with Gasteiger partial charge in [-0.3, -0.25) is 9.59 Å². The molecule has 0 spiro atoms. The summed E-state index contributed by atoms with van der Waals surface area (Å²) >= 11 is 0. The Hall–Kier alpha value is -3.35. The fourth-order valence-electron chi connectivity index (χ4n) is 3.55. The van der Waals surface area contributed by atoms with Gasteiger partial charge in [-0.2, -0.15) is 0 Å². The number of amides is 2. The van der Waals surface area contributed by atoms with Crippen LogP contribution in [-0.4, -0.2) is 42.8 Å². The van der Waals surface area contributed by atoms with E-state index < -0.39 is 17.5 Å². The summed E-state index contributed by atoms with van der Waals surface area (Å²) in [7, 11) is 0. The highest BCUT2D eigenvalue weighted by atomic mass is 16.5. The molecule has 3 rings (SSSR count). The molecule has 7 nitrogen and oxygen atoms in total. The number of carboxylic acid groups (broad SMARTS) is 1. The van der Waals surface area contributed by atoms with Crippen LogP contribution in [0, 0.1) is 5.41 Å². The lowest BCUT2D eigenvalue weighted by atomic mass is 9.92. The third-order valence-corrected chi connectivity index (χ3v) is 5.26. The van der Waals surface area contributed by atoms with Crippen molar-refractivity contribution in [2.75, 3.05) is 19.7 Å². The quantitative estimate of drug-likeness (QED) is 0.620. The molecule has 0 unspecified atom stereocenters. The molecule has 0 aromatic heterocycles. The smallest absolute Gasteiger partial charge is 0.407 e. The van der Waals surface area contributed by atoms with Gasteiger partial charge in [-0.25, -0.2) is 4.79 Å². The molecule has 0 aliphatic heterocycles. The minimum absolute atomic E-state index is 0.0320. The maximum Gasteiger partial charge on any atom is 0.407 e. The number of rotatable bonds is 8. The molecule has 158 valence electrons.